The van der Waals surface area contributed by atoms with Crippen molar-refractivity contribution >= 4 is 5.91 Å². The summed E-state index contributed by atoms with van der Waals surface area (Å²) in [7, 11) is 1.97. The van der Waals surface area contributed by atoms with Crippen LogP contribution in [-0.4, -0.2) is 57.2 Å². The van der Waals surface area contributed by atoms with Crippen LogP contribution in [0.3, 0.4) is 0 Å². The van der Waals surface area contributed by atoms with E-state index in [1.807, 2.05) is 11.6 Å². The average Bonchev–Trinajstić information content (AvgIpc) is 3.10. The summed E-state index contributed by atoms with van der Waals surface area (Å²) in [5, 5.41) is 8.20. The van der Waals surface area contributed by atoms with Crippen molar-refractivity contribution in [2.45, 2.75) is 38.0 Å². The van der Waals surface area contributed by atoms with Crippen molar-refractivity contribution in [3.8, 4) is 0 Å². The number of likely N-dealkylation sites (tertiary alicyclic amines) is 1. The number of halogens is 3. The molecule has 0 radical (unpaired) electrons. The topological polar surface area (TPSA) is 54.3 Å². The molecule has 3 heterocycles. The van der Waals surface area contributed by atoms with Crippen molar-refractivity contribution in [3.05, 3.63) is 47.0 Å². The zero-order valence-electron chi connectivity index (χ0n) is 15.6. The lowest BCUT2D eigenvalue weighted by molar-refractivity contribution is -0.138. The number of aromatic nitrogens is 3. The maximum atomic E-state index is 13.3. The molecule has 1 aromatic carbocycles. The lowest BCUT2D eigenvalue weighted by Crippen LogP contribution is -2.41. The molecule has 28 heavy (non-hydrogen) atoms. The fourth-order valence-corrected chi connectivity index (χ4v) is 4.08. The molecule has 0 unspecified atom stereocenters. The third kappa shape index (κ3) is 3.50. The Labute approximate surface area is 160 Å². The van der Waals surface area contributed by atoms with Gasteiger partial charge in [0.1, 0.15) is 5.82 Å². The molecule has 0 N–H and O–H groups in total. The van der Waals surface area contributed by atoms with E-state index in [1.54, 1.807) is 17.0 Å². The minimum atomic E-state index is -4.36. The van der Waals surface area contributed by atoms with Crippen molar-refractivity contribution in [1.82, 2.24) is 24.6 Å². The van der Waals surface area contributed by atoms with Gasteiger partial charge in [-0.2, -0.15) is 13.2 Å². The Kier molecular flexibility index (Phi) is 4.86. The number of benzene rings is 1. The summed E-state index contributed by atoms with van der Waals surface area (Å²) in [4.78, 5) is 16.7. The predicted octanol–water partition coefficient (Wildman–Crippen LogP) is 2.76. The van der Waals surface area contributed by atoms with Gasteiger partial charge in [0, 0.05) is 26.1 Å². The molecule has 2 aliphatic rings. The number of fused-ring (bicyclic) bond motifs is 1. The highest BCUT2D eigenvalue weighted by Gasteiger charge is 2.36. The van der Waals surface area contributed by atoms with Gasteiger partial charge in [0.05, 0.1) is 12.2 Å². The number of nitrogens with zero attached hydrogens (tertiary/aromatic N) is 5. The molecule has 1 fully saturated rings. The van der Waals surface area contributed by atoms with Crippen LogP contribution in [0.4, 0.5) is 13.2 Å². The molecule has 150 valence electrons. The largest absolute Gasteiger partial charge is 0.416 e. The highest BCUT2D eigenvalue weighted by Crippen LogP contribution is 2.38. The second-order valence-electron chi connectivity index (χ2n) is 7.49. The second-order valence-corrected chi connectivity index (χ2v) is 7.49. The quantitative estimate of drug-likeness (QED) is 0.787. The van der Waals surface area contributed by atoms with Crippen LogP contribution < -0.4 is 0 Å². The third-order valence-corrected chi connectivity index (χ3v) is 5.61. The monoisotopic (exact) mass is 393 g/mol. The van der Waals surface area contributed by atoms with E-state index in [0.29, 0.717) is 44.0 Å². The van der Waals surface area contributed by atoms with Gasteiger partial charge in [0.25, 0.3) is 5.91 Å². The molecule has 6 nitrogen and oxygen atoms in total. The minimum Gasteiger partial charge on any atom is -0.336 e. The molecule has 4 rings (SSSR count). The van der Waals surface area contributed by atoms with E-state index in [4.69, 9.17) is 0 Å². The summed E-state index contributed by atoms with van der Waals surface area (Å²) in [6, 6.07) is 5.74. The van der Waals surface area contributed by atoms with Crippen molar-refractivity contribution < 1.29 is 18.0 Å². The van der Waals surface area contributed by atoms with Gasteiger partial charge in [-0.15, -0.1) is 10.2 Å². The molecule has 0 bridgehead atoms. The van der Waals surface area contributed by atoms with Gasteiger partial charge in [-0.25, -0.2) is 0 Å². The first-order valence-electron chi connectivity index (χ1n) is 9.40. The summed E-state index contributed by atoms with van der Waals surface area (Å²) < 4.78 is 41.7. The van der Waals surface area contributed by atoms with Crippen LogP contribution in [0.2, 0.25) is 0 Å². The van der Waals surface area contributed by atoms with Crippen LogP contribution in [0.5, 0.6) is 0 Å². The number of hydrogen-bond acceptors (Lipinski definition) is 4. The van der Waals surface area contributed by atoms with Crippen LogP contribution in [-0.2, 0) is 19.3 Å². The van der Waals surface area contributed by atoms with E-state index in [1.165, 1.54) is 6.07 Å². The zero-order chi connectivity index (χ0) is 19.9. The van der Waals surface area contributed by atoms with E-state index in [9.17, 15) is 18.0 Å². The number of hydrogen-bond donors (Lipinski definition) is 0. The van der Waals surface area contributed by atoms with Gasteiger partial charge in [0.15, 0.2) is 0 Å². The lowest BCUT2D eigenvalue weighted by atomic mass is 9.86. The summed E-state index contributed by atoms with van der Waals surface area (Å²) >= 11 is 0. The Morgan fingerprint density at radius 2 is 1.82 bits per heavy atom. The van der Waals surface area contributed by atoms with E-state index >= 15 is 0 Å². The molecule has 9 heteroatoms. The smallest absolute Gasteiger partial charge is 0.336 e. The van der Waals surface area contributed by atoms with Crippen LogP contribution in [0.15, 0.2) is 24.3 Å². The van der Waals surface area contributed by atoms with E-state index in [2.05, 4.69) is 15.1 Å². The minimum absolute atomic E-state index is 0.198. The first kappa shape index (κ1) is 18.9. The van der Waals surface area contributed by atoms with Crippen LogP contribution in [0.25, 0.3) is 0 Å². The number of alkyl halides is 3. The zero-order valence-corrected chi connectivity index (χ0v) is 15.6. The molecular weight excluding hydrogens is 371 g/mol. The Morgan fingerprint density at radius 3 is 2.54 bits per heavy atom. The first-order valence-corrected chi connectivity index (χ1v) is 9.40. The molecule has 1 saturated heterocycles. The van der Waals surface area contributed by atoms with Crippen molar-refractivity contribution in [1.29, 1.82) is 0 Å². The molecule has 2 aliphatic heterocycles. The van der Waals surface area contributed by atoms with Gasteiger partial charge in [-0.1, -0.05) is 18.2 Å². The molecular formula is C19H22F3N5O. The summed E-state index contributed by atoms with van der Waals surface area (Å²) in [5.74, 6) is 0.711. The standard InChI is InChI=1S/C19H22F3N5O/c1-25-9-8-16-23-24-17(27(16)12-25)18(28)26-10-6-13(7-11-26)14-4-2-3-5-15(14)19(20,21)22/h2-5,13H,6-12H2,1H3. The Hall–Kier alpha value is -2.42. The number of carbonyl (C=O) groups excluding carboxylic acids is 1. The average molecular weight is 393 g/mol. The van der Waals surface area contributed by atoms with Gasteiger partial charge in [-0.05, 0) is 37.4 Å². The normalized spacial score (nSPS) is 18.9. The maximum Gasteiger partial charge on any atom is 0.416 e. The second kappa shape index (κ2) is 7.20. The molecule has 1 aromatic heterocycles. The number of rotatable bonds is 2. The summed E-state index contributed by atoms with van der Waals surface area (Å²) in [6.07, 6.45) is -2.62. The summed E-state index contributed by atoms with van der Waals surface area (Å²) in [6.45, 7) is 2.26. The van der Waals surface area contributed by atoms with Crippen LogP contribution in [0, 0.1) is 0 Å². The number of piperidine rings is 1. The highest BCUT2D eigenvalue weighted by atomic mass is 19.4. The Balaban J connectivity index is 1.47. The fourth-order valence-electron chi connectivity index (χ4n) is 4.08. The predicted molar refractivity (Wildman–Crippen MR) is 95.7 cm³/mol. The van der Waals surface area contributed by atoms with Crippen LogP contribution >= 0.6 is 0 Å². The van der Waals surface area contributed by atoms with Gasteiger partial charge in [-0.3, -0.25) is 14.3 Å². The third-order valence-electron chi connectivity index (χ3n) is 5.61. The van der Waals surface area contributed by atoms with Crippen molar-refractivity contribution in [2.24, 2.45) is 0 Å². The fraction of sp³-hybridized carbons (Fsp3) is 0.526. The first-order chi connectivity index (χ1) is 13.3. The Morgan fingerprint density at radius 1 is 1.11 bits per heavy atom. The van der Waals surface area contributed by atoms with E-state index < -0.39 is 11.7 Å². The van der Waals surface area contributed by atoms with Crippen LogP contribution in [0.1, 0.15) is 46.3 Å². The molecule has 1 amide bonds. The SMILES string of the molecule is CN1CCc2nnc(C(=O)N3CCC(c4ccccc4C(F)(F)F)CC3)n2C1. The highest BCUT2D eigenvalue weighted by molar-refractivity contribution is 5.90. The maximum absolute atomic E-state index is 13.3. The van der Waals surface area contributed by atoms with Gasteiger partial charge >= 0.3 is 6.18 Å². The van der Waals surface area contributed by atoms with Gasteiger partial charge in [0.2, 0.25) is 5.82 Å². The molecule has 0 aliphatic carbocycles. The number of amides is 1. The molecule has 2 aromatic rings. The molecule has 0 spiro atoms. The molecule has 0 atom stereocenters. The lowest BCUT2D eigenvalue weighted by Gasteiger charge is -2.33. The van der Waals surface area contributed by atoms with E-state index in [0.717, 1.165) is 24.9 Å². The molecule has 0 saturated carbocycles. The number of carbonyl (C=O) groups is 1. The van der Waals surface area contributed by atoms with Crippen molar-refractivity contribution in [3.63, 3.8) is 0 Å². The van der Waals surface area contributed by atoms with E-state index in [-0.39, 0.29) is 11.8 Å². The Bertz CT molecular complexity index is 871. The van der Waals surface area contributed by atoms with Gasteiger partial charge < -0.3 is 4.90 Å². The van der Waals surface area contributed by atoms with Crippen molar-refractivity contribution in [2.75, 3.05) is 26.7 Å². The summed E-state index contributed by atoms with van der Waals surface area (Å²) in [5.41, 5.74) is -0.252. The number of likely N-dealkylation sites (N-methyl/N-ethyl adjacent to an activating group) is 1.